The molecule has 0 spiro atoms. The number of carbonyl (C=O) groups is 1. The second-order valence-corrected chi connectivity index (χ2v) is 7.71. The number of likely N-dealkylation sites (N-methyl/N-ethyl adjacent to an activating group) is 1. The molecule has 0 aliphatic heterocycles. The van der Waals surface area contributed by atoms with E-state index in [4.69, 9.17) is 0 Å². The molecule has 2 aromatic carbocycles. The number of hydrogen-bond acceptors (Lipinski definition) is 1. The molecule has 0 fully saturated rings. The first-order valence-electron chi connectivity index (χ1n) is 6.38. The van der Waals surface area contributed by atoms with Gasteiger partial charge in [-0.15, -0.1) is 0 Å². The van der Waals surface area contributed by atoms with E-state index in [1.54, 1.807) is 25.1 Å². The van der Waals surface area contributed by atoms with Crippen LogP contribution in [-0.2, 0) is 4.79 Å². The average Bonchev–Trinajstić information content (AvgIpc) is 2.48. The molecular weight excluding hydrogens is 362 g/mol. The Morgan fingerprint density at radius 3 is 2.05 bits per heavy atom. The van der Waals surface area contributed by atoms with Gasteiger partial charge < -0.3 is 0 Å². The van der Waals surface area contributed by atoms with E-state index in [2.05, 4.69) is 36.4 Å². The monoisotopic (exact) mass is 381 g/mol. The molecule has 102 valence electrons. The van der Waals surface area contributed by atoms with E-state index < -0.39 is 20.9 Å². The number of nitrogens with zero attached hydrogens (tertiary/aromatic N) is 1. The van der Waals surface area contributed by atoms with Gasteiger partial charge in [0.25, 0.3) is 0 Å². The Bertz CT molecular complexity index is 591. The number of amides is 1. The minimum absolute atomic E-state index is 0.0462. The second kappa shape index (κ2) is 7.28. The molecule has 0 radical (unpaired) electrons. The molecule has 0 N–H and O–H groups in total. The van der Waals surface area contributed by atoms with Gasteiger partial charge >= 0.3 is 130 Å². The number of benzene rings is 2. The molecule has 0 unspecified atom stereocenters. The summed E-state index contributed by atoms with van der Waals surface area (Å²) in [6, 6.07) is 20.6. The van der Waals surface area contributed by atoms with Crippen LogP contribution in [0.3, 0.4) is 0 Å². The fourth-order valence-corrected chi connectivity index (χ4v) is 4.37. The van der Waals surface area contributed by atoms with Crippen molar-refractivity contribution in [2.45, 2.75) is 0 Å². The summed E-state index contributed by atoms with van der Waals surface area (Å²) in [5.74, 6) is 0.0462. The second-order valence-electron chi connectivity index (χ2n) is 4.52. The van der Waals surface area contributed by atoms with Crippen LogP contribution in [0.2, 0.25) is 0 Å². The molecule has 3 heteroatoms. The van der Waals surface area contributed by atoms with Gasteiger partial charge in [-0.2, -0.15) is 0 Å². The fraction of sp³-hybridized carbons (Fsp3) is 0.118. The standard InChI is InChI=1S/C17H17NOTe/c1-18(2)17(19)13-16(14-9-5-3-6-10-14)20-15-11-7-4-8-12-15/h3-13H,1-2H3/b16-13-. The Balaban J connectivity index is 2.32. The van der Waals surface area contributed by atoms with E-state index in [9.17, 15) is 4.79 Å². The van der Waals surface area contributed by atoms with Crippen molar-refractivity contribution in [3.63, 3.8) is 0 Å². The summed E-state index contributed by atoms with van der Waals surface area (Å²) in [6.07, 6.45) is 1.78. The summed E-state index contributed by atoms with van der Waals surface area (Å²) in [5, 5.41) is 0. The molecule has 0 aliphatic carbocycles. The van der Waals surface area contributed by atoms with E-state index in [1.807, 2.05) is 24.3 Å². The molecule has 2 nitrogen and oxygen atoms in total. The molecule has 20 heavy (non-hydrogen) atoms. The quantitative estimate of drug-likeness (QED) is 0.589. The average molecular weight is 379 g/mol. The van der Waals surface area contributed by atoms with Gasteiger partial charge in [-0.05, 0) is 0 Å². The number of carbonyl (C=O) groups excluding carboxylic acids is 1. The van der Waals surface area contributed by atoms with Crippen LogP contribution in [0.5, 0.6) is 0 Å². The van der Waals surface area contributed by atoms with Crippen LogP contribution in [0.25, 0.3) is 3.62 Å². The third-order valence-corrected chi connectivity index (χ3v) is 5.81. The maximum absolute atomic E-state index is 12.0. The minimum atomic E-state index is -0.567. The van der Waals surface area contributed by atoms with E-state index in [0.717, 1.165) is 5.56 Å². The number of hydrogen-bond donors (Lipinski definition) is 0. The maximum atomic E-state index is 12.0. The zero-order valence-electron chi connectivity index (χ0n) is 11.6. The Hall–Kier alpha value is -1.56. The molecule has 0 heterocycles. The van der Waals surface area contributed by atoms with Crippen LogP contribution in [0.4, 0.5) is 0 Å². The molecular formula is C17H17NOTe. The van der Waals surface area contributed by atoms with Gasteiger partial charge in [0.1, 0.15) is 0 Å². The Morgan fingerprint density at radius 1 is 0.950 bits per heavy atom. The molecule has 0 aromatic heterocycles. The van der Waals surface area contributed by atoms with Crippen LogP contribution in [0, 0.1) is 0 Å². The molecule has 0 aliphatic rings. The van der Waals surface area contributed by atoms with Crippen molar-refractivity contribution in [1.29, 1.82) is 0 Å². The zero-order chi connectivity index (χ0) is 14.4. The Kier molecular flexibility index (Phi) is 5.40. The van der Waals surface area contributed by atoms with Crippen molar-refractivity contribution in [2.75, 3.05) is 14.1 Å². The third kappa shape index (κ3) is 4.23. The van der Waals surface area contributed by atoms with Gasteiger partial charge in [0, 0.05) is 0 Å². The van der Waals surface area contributed by atoms with Crippen LogP contribution in [0.1, 0.15) is 5.56 Å². The molecule has 2 rings (SSSR count). The molecule has 0 bridgehead atoms. The zero-order valence-corrected chi connectivity index (χ0v) is 13.9. The first-order chi connectivity index (χ1) is 9.66. The summed E-state index contributed by atoms with van der Waals surface area (Å²) < 4.78 is 2.50. The van der Waals surface area contributed by atoms with Crippen molar-refractivity contribution >= 4 is 34.1 Å². The van der Waals surface area contributed by atoms with Crippen molar-refractivity contribution in [3.05, 3.63) is 72.3 Å². The Labute approximate surface area is 130 Å². The molecule has 0 saturated heterocycles. The van der Waals surface area contributed by atoms with Gasteiger partial charge in [0.15, 0.2) is 0 Å². The van der Waals surface area contributed by atoms with Gasteiger partial charge in [-0.1, -0.05) is 0 Å². The third-order valence-electron chi connectivity index (χ3n) is 2.72. The number of rotatable bonds is 4. The van der Waals surface area contributed by atoms with Gasteiger partial charge in [-0.3, -0.25) is 0 Å². The fourth-order valence-electron chi connectivity index (χ4n) is 1.63. The first kappa shape index (κ1) is 14.8. The summed E-state index contributed by atoms with van der Waals surface area (Å²) in [5.41, 5.74) is 1.15. The van der Waals surface area contributed by atoms with E-state index in [1.165, 1.54) is 7.23 Å². The van der Waals surface area contributed by atoms with Crippen LogP contribution < -0.4 is 3.61 Å². The molecule has 2 aromatic rings. The van der Waals surface area contributed by atoms with E-state index in [-0.39, 0.29) is 5.91 Å². The summed E-state index contributed by atoms with van der Waals surface area (Å²) in [6.45, 7) is 0. The van der Waals surface area contributed by atoms with Gasteiger partial charge in [0.2, 0.25) is 0 Å². The predicted molar refractivity (Wildman–Crippen MR) is 84.9 cm³/mol. The van der Waals surface area contributed by atoms with E-state index >= 15 is 0 Å². The van der Waals surface area contributed by atoms with Gasteiger partial charge in [0.05, 0.1) is 0 Å². The van der Waals surface area contributed by atoms with Crippen molar-refractivity contribution in [3.8, 4) is 0 Å². The van der Waals surface area contributed by atoms with Crippen molar-refractivity contribution < 1.29 is 4.79 Å². The normalized spacial score (nSPS) is 11.2. The molecule has 1 amide bonds. The van der Waals surface area contributed by atoms with Crippen molar-refractivity contribution in [1.82, 2.24) is 4.90 Å². The SMILES string of the molecule is CN(C)C(=O)/C=C(\[Te]c1ccccc1)c1ccccc1. The van der Waals surface area contributed by atoms with Gasteiger partial charge in [-0.25, -0.2) is 0 Å². The molecule has 0 saturated carbocycles. The summed E-state index contributed by atoms with van der Waals surface area (Å²) in [7, 11) is 3.56. The van der Waals surface area contributed by atoms with Crippen LogP contribution in [0.15, 0.2) is 66.7 Å². The van der Waals surface area contributed by atoms with Crippen LogP contribution in [-0.4, -0.2) is 45.8 Å². The van der Waals surface area contributed by atoms with Crippen LogP contribution >= 0.6 is 0 Å². The Morgan fingerprint density at radius 2 is 1.50 bits per heavy atom. The molecule has 0 atom stereocenters. The first-order valence-corrected chi connectivity index (χ1v) is 8.71. The summed E-state index contributed by atoms with van der Waals surface area (Å²) >= 11 is -0.567. The topological polar surface area (TPSA) is 20.3 Å². The van der Waals surface area contributed by atoms with E-state index in [0.29, 0.717) is 0 Å². The predicted octanol–water partition coefficient (Wildman–Crippen LogP) is 2.15. The van der Waals surface area contributed by atoms with Crippen molar-refractivity contribution in [2.24, 2.45) is 0 Å². The summed E-state index contributed by atoms with van der Waals surface area (Å²) in [4.78, 5) is 13.6.